The van der Waals surface area contributed by atoms with Gasteiger partial charge in [0, 0.05) is 12.8 Å². The van der Waals surface area contributed by atoms with E-state index in [2.05, 4.69) is 0 Å². The normalized spacial score (nSPS) is 39.2. The first-order valence-electron chi connectivity index (χ1n) is 7.03. The molecule has 1 aromatic carbocycles. The second-order valence-corrected chi connectivity index (χ2v) is 5.99. The summed E-state index contributed by atoms with van der Waals surface area (Å²) < 4.78 is 18.9. The number of hydrogen-bond donors (Lipinski definition) is 1. The Morgan fingerprint density at radius 1 is 1.25 bits per heavy atom. The molecule has 4 rings (SSSR count). The first-order valence-corrected chi connectivity index (χ1v) is 7.03. The van der Waals surface area contributed by atoms with Gasteiger partial charge in [0.1, 0.15) is 12.0 Å². The van der Waals surface area contributed by atoms with Crippen LogP contribution in [0.1, 0.15) is 37.3 Å². The molecule has 2 heterocycles. The maximum Gasteiger partial charge on any atom is 0.257 e. The minimum absolute atomic E-state index is 0.0142. The van der Waals surface area contributed by atoms with Gasteiger partial charge in [0.25, 0.3) is 5.91 Å². The average molecular weight is 277 g/mol. The van der Waals surface area contributed by atoms with Crippen LogP contribution in [0.2, 0.25) is 0 Å². The molecular formula is C15H16FNO3. The molecular weight excluding hydrogens is 261 g/mol. The molecule has 3 aliphatic rings. The molecule has 20 heavy (non-hydrogen) atoms. The van der Waals surface area contributed by atoms with Crippen molar-refractivity contribution in [3.05, 3.63) is 35.6 Å². The molecule has 1 amide bonds. The van der Waals surface area contributed by atoms with Gasteiger partial charge >= 0.3 is 0 Å². The Bertz CT molecular complexity index is 553. The van der Waals surface area contributed by atoms with E-state index in [1.807, 2.05) is 0 Å². The zero-order valence-electron chi connectivity index (χ0n) is 11.0. The molecule has 1 spiro atoms. The van der Waals surface area contributed by atoms with Gasteiger partial charge in [-0.05, 0) is 30.5 Å². The lowest BCUT2D eigenvalue weighted by Gasteiger charge is -2.39. The number of fused-ring (bicyclic) bond motifs is 1. The minimum atomic E-state index is -0.789. The van der Waals surface area contributed by atoms with Crippen LogP contribution in [0.4, 0.5) is 4.39 Å². The smallest absolute Gasteiger partial charge is 0.257 e. The van der Waals surface area contributed by atoms with Crippen LogP contribution in [0.3, 0.4) is 0 Å². The third kappa shape index (κ3) is 1.56. The maximum absolute atomic E-state index is 13.0. The molecule has 1 aliphatic carbocycles. The van der Waals surface area contributed by atoms with Crippen molar-refractivity contribution in [2.75, 3.05) is 0 Å². The molecule has 0 bridgehead atoms. The van der Waals surface area contributed by atoms with Gasteiger partial charge in [0.2, 0.25) is 0 Å². The van der Waals surface area contributed by atoms with E-state index in [1.54, 1.807) is 17.0 Å². The zero-order valence-corrected chi connectivity index (χ0v) is 11.0. The summed E-state index contributed by atoms with van der Waals surface area (Å²) in [5.74, 6) is -0.287. The Balaban J connectivity index is 1.62. The Morgan fingerprint density at radius 2 is 1.95 bits per heavy atom. The SMILES string of the molecule is O=C1N2C(CC[C@H]2c2ccc(F)cc2)OC12CC(O)C2. The lowest BCUT2D eigenvalue weighted by molar-refractivity contribution is -0.165. The van der Waals surface area contributed by atoms with Gasteiger partial charge in [0.15, 0.2) is 5.60 Å². The lowest BCUT2D eigenvalue weighted by atomic mass is 9.76. The number of rotatable bonds is 1. The number of hydrogen-bond acceptors (Lipinski definition) is 3. The number of ether oxygens (including phenoxy) is 1. The number of halogens is 1. The Kier molecular flexibility index (Phi) is 2.47. The largest absolute Gasteiger partial charge is 0.393 e. The van der Waals surface area contributed by atoms with Gasteiger partial charge in [-0.15, -0.1) is 0 Å². The third-order valence-corrected chi connectivity index (χ3v) is 4.70. The van der Waals surface area contributed by atoms with Crippen LogP contribution in [0.25, 0.3) is 0 Å². The van der Waals surface area contributed by atoms with Crippen LogP contribution >= 0.6 is 0 Å². The quantitative estimate of drug-likeness (QED) is 0.850. The molecule has 0 aromatic heterocycles. The summed E-state index contributed by atoms with van der Waals surface area (Å²) in [5.41, 5.74) is 0.158. The van der Waals surface area contributed by atoms with Crippen LogP contribution in [0.15, 0.2) is 24.3 Å². The number of aliphatic hydroxyl groups is 1. The summed E-state index contributed by atoms with van der Waals surface area (Å²) in [7, 11) is 0. The van der Waals surface area contributed by atoms with Gasteiger partial charge in [-0.3, -0.25) is 4.79 Å². The Hall–Kier alpha value is -1.46. The Morgan fingerprint density at radius 3 is 2.60 bits per heavy atom. The molecule has 3 fully saturated rings. The summed E-state index contributed by atoms with van der Waals surface area (Å²) in [6.45, 7) is 0. The average Bonchev–Trinajstić information content (AvgIpc) is 2.90. The number of carbonyl (C=O) groups excluding carboxylic acids is 1. The second-order valence-electron chi connectivity index (χ2n) is 5.99. The van der Waals surface area contributed by atoms with E-state index in [1.165, 1.54) is 12.1 Å². The number of amides is 1. The van der Waals surface area contributed by atoms with Crippen molar-refractivity contribution in [2.24, 2.45) is 0 Å². The first-order chi connectivity index (χ1) is 9.59. The number of carbonyl (C=O) groups is 1. The molecule has 5 heteroatoms. The highest BCUT2D eigenvalue weighted by molar-refractivity contribution is 5.89. The standard InChI is InChI=1S/C15H16FNO3/c16-10-3-1-9(2-4-10)12-5-6-13-17(12)14(19)15(20-13)7-11(18)8-15/h1-4,11-13,18H,5-8H2/t11?,12-,13?,15?/m0/s1. The van der Waals surface area contributed by atoms with Crippen LogP contribution < -0.4 is 0 Å². The number of benzene rings is 1. The number of aliphatic hydroxyl groups excluding tert-OH is 1. The summed E-state index contributed by atoms with van der Waals surface area (Å²) in [5, 5.41) is 9.48. The van der Waals surface area contributed by atoms with Crippen molar-refractivity contribution in [1.29, 1.82) is 0 Å². The van der Waals surface area contributed by atoms with Crippen molar-refractivity contribution in [3.63, 3.8) is 0 Å². The van der Waals surface area contributed by atoms with Gasteiger partial charge in [-0.25, -0.2) is 4.39 Å². The Labute approximate surface area is 116 Å². The van der Waals surface area contributed by atoms with Crippen LogP contribution in [-0.4, -0.2) is 33.8 Å². The van der Waals surface area contributed by atoms with Crippen molar-refractivity contribution in [3.8, 4) is 0 Å². The highest BCUT2D eigenvalue weighted by atomic mass is 19.1. The molecule has 4 nitrogen and oxygen atoms in total. The summed E-state index contributed by atoms with van der Waals surface area (Å²) in [4.78, 5) is 14.4. The van der Waals surface area contributed by atoms with Gasteiger partial charge in [-0.2, -0.15) is 0 Å². The predicted molar refractivity (Wildman–Crippen MR) is 68.1 cm³/mol. The zero-order chi connectivity index (χ0) is 13.9. The van der Waals surface area contributed by atoms with E-state index in [4.69, 9.17) is 4.74 Å². The lowest BCUT2D eigenvalue weighted by Crippen LogP contribution is -2.54. The van der Waals surface area contributed by atoms with Crippen LogP contribution in [-0.2, 0) is 9.53 Å². The molecule has 0 radical (unpaired) electrons. The monoisotopic (exact) mass is 277 g/mol. The van der Waals surface area contributed by atoms with E-state index in [0.717, 1.165) is 18.4 Å². The number of nitrogens with zero attached hydrogens (tertiary/aromatic N) is 1. The summed E-state index contributed by atoms with van der Waals surface area (Å²) >= 11 is 0. The molecule has 2 atom stereocenters. The second kappa shape index (κ2) is 4.02. The summed E-state index contributed by atoms with van der Waals surface area (Å²) in [6, 6.07) is 6.28. The van der Waals surface area contributed by atoms with Crippen LogP contribution in [0.5, 0.6) is 0 Å². The van der Waals surface area contributed by atoms with Crippen molar-refractivity contribution in [2.45, 2.75) is 49.7 Å². The van der Waals surface area contributed by atoms with Crippen molar-refractivity contribution < 1.29 is 19.0 Å². The predicted octanol–water partition coefficient (Wildman–Crippen LogP) is 1.74. The maximum atomic E-state index is 13.0. The minimum Gasteiger partial charge on any atom is -0.393 e. The first kappa shape index (κ1) is 12.3. The molecule has 1 saturated carbocycles. The van der Waals surface area contributed by atoms with E-state index in [9.17, 15) is 14.3 Å². The van der Waals surface area contributed by atoms with Crippen molar-refractivity contribution in [1.82, 2.24) is 4.90 Å². The van der Waals surface area contributed by atoms with E-state index in [-0.39, 0.29) is 24.0 Å². The molecule has 1 unspecified atom stereocenters. The third-order valence-electron chi connectivity index (χ3n) is 4.70. The van der Waals surface area contributed by atoms with E-state index in [0.29, 0.717) is 12.8 Å². The van der Waals surface area contributed by atoms with E-state index >= 15 is 0 Å². The fraction of sp³-hybridized carbons (Fsp3) is 0.533. The molecule has 106 valence electrons. The highest BCUT2D eigenvalue weighted by Gasteiger charge is 2.62. The van der Waals surface area contributed by atoms with Gasteiger partial charge in [0.05, 0.1) is 12.1 Å². The van der Waals surface area contributed by atoms with Crippen molar-refractivity contribution >= 4 is 5.91 Å². The van der Waals surface area contributed by atoms with E-state index < -0.39 is 11.7 Å². The topological polar surface area (TPSA) is 49.8 Å². The van der Waals surface area contributed by atoms with Gasteiger partial charge < -0.3 is 14.7 Å². The highest BCUT2D eigenvalue weighted by Crippen LogP contribution is 2.51. The molecule has 2 saturated heterocycles. The molecule has 1 aromatic rings. The van der Waals surface area contributed by atoms with Gasteiger partial charge in [-0.1, -0.05) is 12.1 Å². The molecule has 2 aliphatic heterocycles. The fourth-order valence-electron chi connectivity index (χ4n) is 3.70. The summed E-state index contributed by atoms with van der Waals surface area (Å²) in [6.07, 6.45) is 1.81. The fourth-order valence-corrected chi connectivity index (χ4v) is 3.70. The van der Waals surface area contributed by atoms with Crippen LogP contribution in [0, 0.1) is 5.82 Å². The molecule has 1 N–H and O–H groups in total.